The van der Waals surface area contributed by atoms with E-state index in [1.807, 2.05) is 0 Å². The fourth-order valence-electron chi connectivity index (χ4n) is 2.56. The fraction of sp³-hybridized carbons (Fsp3) is 0.250. The predicted octanol–water partition coefficient (Wildman–Crippen LogP) is 4.69. The molecule has 0 unspecified atom stereocenters. The van der Waals surface area contributed by atoms with Crippen LogP contribution in [0.2, 0.25) is 5.02 Å². The molecule has 0 saturated carbocycles. The molecular weight excluding hydrogens is 402 g/mol. The highest BCUT2D eigenvalue weighted by atomic mass is 35.5. The SMILES string of the molecule is CCCCOc1ccc(Cl)cc1Cn1ncc(C(=O)Nc2c(F)cccc2F)n1. The first-order valence-corrected chi connectivity index (χ1v) is 9.42. The zero-order valence-electron chi connectivity index (χ0n) is 15.7. The molecule has 9 heteroatoms. The summed E-state index contributed by atoms with van der Waals surface area (Å²) in [6.07, 6.45) is 3.14. The number of unbranched alkanes of at least 4 members (excludes halogenated alkanes) is 1. The molecule has 1 aromatic heterocycles. The quantitative estimate of drug-likeness (QED) is 0.537. The van der Waals surface area contributed by atoms with Crippen molar-refractivity contribution < 1.29 is 18.3 Å². The van der Waals surface area contributed by atoms with E-state index in [0.29, 0.717) is 17.4 Å². The van der Waals surface area contributed by atoms with Gasteiger partial charge in [-0.2, -0.15) is 9.90 Å². The molecule has 152 valence electrons. The van der Waals surface area contributed by atoms with Gasteiger partial charge in [-0.25, -0.2) is 8.78 Å². The lowest BCUT2D eigenvalue weighted by molar-refractivity contribution is 0.102. The van der Waals surface area contributed by atoms with Crippen LogP contribution in [0.4, 0.5) is 14.5 Å². The van der Waals surface area contributed by atoms with Crippen molar-refractivity contribution in [1.29, 1.82) is 0 Å². The topological polar surface area (TPSA) is 69.0 Å². The number of nitrogens with one attached hydrogen (secondary N) is 1. The van der Waals surface area contributed by atoms with Crippen LogP contribution in [-0.2, 0) is 6.54 Å². The number of nitrogens with zero attached hydrogens (tertiary/aromatic N) is 3. The molecule has 1 N–H and O–H groups in total. The van der Waals surface area contributed by atoms with Crippen LogP contribution in [0.25, 0.3) is 0 Å². The van der Waals surface area contributed by atoms with E-state index in [2.05, 4.69) is 22.4 Å². The van der Waals surface area contributed by atoms with Crippen molar-refractivity contribution in [3.63, 3.8) is 0 Å². The third kappa shape index (κ3) is 5.29. The molecule has 0 aliphatic heterocycles. The van der Waals surface area contributed by atoms with Gasteiger partial charge in [0.25, 0.3) is 5.91 Å². The highest BCUT2D eigenvalue weighted by Crippen LogP contribution is 2.24. The Morgan fingerprint density at radius 2 is 2.00 bits per heavy atom. The Labute approximate surface area is 171 Å². The first-order chi connectivity index (χ1) is 14.0. The number of hydrogen-bond acceptors (Lipinski definition) is 4. The van der Waals surface area contributed by atoms with Crippen molar-refractivity contribution in [2.45, 2.75) is 26.3 Å². The number of halogens is 3. The summed E-state index contributed by atoms with van der Waals surface area (Å²) in [6, 6.07) is 8.54. The van der Waals surface area contributed by atoms with Gasteiger partial charge in [0.15, 0.2) is 5.69 Å². The summed E-state index contributed by atoms with van der Waals surface area (Å²) in [5.41, 5.74) is 0.132. The number of carbonyl (C=O) groups excluding carboxylic acids is 1. The number of para-hydroxylation sites is 1. The van der Waals surface area contributed by atoms with E-state index in [9.17, 15) is 13.6 Å². The predicted molar refractivity (Wildman–Crippen MR) is 105 cm³/mol. The third-order valence-corrected chi connectivity index (χ3v) is 4.30. The van der Waals surface area contributed by atoms with Crippen LogP contribution < -0.4 is 10.1 Å². The lowest BCUT2D eigenvalue weighted by atomic mass is 10.2. The number of ether oxygens (including phenoxy) is 1. The number of carbonyl (C=O) groups is 1. The first kappa shape index (κ1) is 20.7. The van der Waals surface area contributed by atoms with Crippen molar-refractivity contribution in [3.8, 4) is 5.75 Å². The van der Waals surface area contributed by atoms with Crippen LogP contribution in [0.15, 0.2) is 42.6 Å². The molecule has 3 aromatic rings. The van der Waals surface area contributed by atoms with E-state index in [0.717, 1.165) is 30.5 Å². The van der Waals surface area contributed by atoms with Crippen molar-refractivity contribution in [2.24, 2.45) is 0 Å². The van der Waals surface area contributed by atoms with E-state index >= 15 is 0 Å². The van der Waals surface area contributed by atoms with Gasteiger partial charge >= 0.3 is 0 Å². The van der Waals surface area contributed by atoms with Gasteiger partial charge in [-0.3, -0.25) is 4.79 Å². The minimum Gasteiger partial charge on any atom is -0.493 e. The van der Waals surface area contributed by atoms with Crippen LogP contribution >= 0.6 is 11.6 Å². The molecule has 0 atom stereocenters. The van der Waals surface area contributed by atoms with Crippen LogP contribution in [0.3, 0.4) is 0 Å². The average molecular weight is 421 g/mol. The van der Waals surface area contributed by atoms with E-state index in [1.165, 1.54) is 17.1 Å². The Bertz CT molecular complexity index is 990. The van der Waals surface area contributed by atoms with Gasteiger partial charge in [0.1, 0.15) is 23.1 Å². The average Bonchev–Trinajstić information content (AvgIpc) is 3.15. The second kappa shape index (κ2) is 9.47. The molecule has 0 fully saturated rings. The van der Waals surface area contributed by atoms with Gasteiger partial charge in [0.05, 0.1) is 19.3 Å². The molecule has 0 bridgehead atoms. The molecule has 6 nitrogen and oxygen atoms in total. The van der Waals surface area contributed by atoms with Gasteiger partial charge in [-0.1, -0.05) is 31.0 Å². The highest BCUT2D eigenvalue weighted by molar-refractivity contribution is 6.30. The number of anilines is 1. The minimum absolute atomic E-state index is 0.0804. The van der Waals surface area contributed by atoms with Crippen molar-refractivity contribution in [3.05, 3.63) is 70.5 Å². The van der Waals surface area contributed by atoms with Gasteiger partial charge < -0.3 is 10.1 Å². The highest BCUT2D eigenvalue weighted by Gasteiger charge is 2.17. The second-order valence-electron chi connectivity index (χ2n) is 6.27. The number of rotatable bonds is 8. The summed E-state index contributed by atoms with van der Waals surface area (Å²) in [5, 5.41) is 10.8. The molecule has 0 aliphatic rings. The summed E-state index contributed by atoms with van der Waals surface area (Å²) in [6.45, 7) is 2.85. The molecule has 29 heavy (non-hydrogen) atoms. The Kier molecular flexibility index (Phi) is 6.77. The summed E-state index contributed by atoms with van der Waals surface area (Å²) >= 11 is 6.08. The van der Waals surface area contributed by atoms with E-state index in [1.54, 1.807) is 18.2 Å². The molecule has 1 heterocycles. The lowest BCUT2D eigenvalue weighted by Gasteiger charge is -2.11. The zero-order valence-corrected chi connectivity index (χ0v) is 16.4. The van der Waals surface area contributed by atoms with Gasteiger partial charge in [0.2, 0.25) is 0 Å². The smallest absolute Gasteiger partial charge is 0.278 e. The van der Waals surface area contributed by atoms with E-state index in [-0.39, 0.29) is 12.2 Å². The molecule has 1 amide bonds. The van der Waals surface area contributed by atoms with Gasteiger partial charge in [0, 0.05) is 10.6 Å². The Morgan fingerprint density at radius 1 is 1.24 bits per heavy atom. The number of amides is 1. The van der Waals surface area contributed by atoms with Crippen LogP contribution in [0, 0.1) is 11.6 Å². The molecule has 3 rings (SSSR count). The third-order valence-electron chi connectivity index (χ3n) is 4.06. The molecule has 0 spiro atoms. The zero-order chi connectivity index (χ0) is 20.8. The van der Waals surface area contributed by atoms with Gasteiger partial charge in [-0.15, -0.1) is 5.10 Å². The maximum atomic E-state index is 13.7. The second-order valence-corrected chi connectivity index (χ2v) is 6.70. The Hall–Kier alpha value is -3.00. The fourth-order valence-corrected chi connectivity index (χ4v) is 2.76. The van der Waals surface area contributed by atoms with Crippen molar-refractivity contribution in [1.82, 2.24) is 15.0 Å². The summed E-state index contributed by atoms with van der Waals surface area (Å²) in [7, 11) is 0. The summed E-state index contributed by atoms with van der Waals surface area (Å²) in [4.78, 5) is 13.6. The van der Waals surface area contributed by atoms with Crippen molar-refractivity contribution in [2.75, 3.05) is 11.9 Å². The first-order valence-electron chi connectivity index (χ1n) is 9.04. The van der Waals surface area contributed by atoms with Crippen LogP contribution in [-0.4, -0.2) is 27.5 Å². The van der Waals surface area contributed by atoms with E-state index < -0.39 is 23.2 Å². The standard InChI is InChI=1S/C20H19ClF2N4O2/c1-2-3-9-29-18-8-7-14(21)10-13(18)12-27-24-11-17(26-27)20(28)25-19-15(22)5-4-6-16(19)23/h4-8,10-11H,2-3,9,12H2,1H3,(H,25,28). The monoisotopic (exact) mass is 420 g/mol. The lowest BCUT2D eigenvalue weighted by Crippen LogP contribution is -2.16. The largest absolute Gasteiger partial charge is 0.493 e. The summed E-state index contributed by atoms with van der Waals surface area (Å²) < 4.78 is 33.2. The van der Waals surface area contributed by atoms with Crippen molar-refractivity contribution >= 4 is 23.2 Å². The van der Waals surface area contributed by atoms with Gasteiger partial charge in [-0.05, 0) is 36.8 Å². The molecule has 0 aliphatic carbocycles. The van der Waals surface area contributed by atoms with Crippen LogP contribution in [0.1, 0.15) is 35.8 Å². The summed E-state index contributed by atoms with van der Waals surface area (Å²) in [5.74, 6) is -1.87. The van der Waals surface area contributed by atoms with E-state index in [4.69, 9.17) is 16.3 Å². The maximum absolute atomic E-state index is 13.7. The molecular formula is C20H19ClF2N4O2. The minimum atomic E-state index is -0.876. The molecule has 0 saturated heterocycles. The molecule has 0 radical (unpaired) electrons. The number of hydrogen-bond donors (Lipinski definition) is 1. The number of benzene rings is 2. The maximum Gasteiger partial charge on any atom is 0.278 e. The Morgan fingerprint density at radius 3 is 2.72 bits per heavy atom. The van der Waals surface area contributed by atoms with Crippen LogP contribution in [0.5, 0.6) is 5.75 Å². The molecule has 2 aromatic carbocycles. The normalized spacial score (nSPS) is 10.8. The Balaban J connectivity index is 1.73. The number of aromatic nitrogens is 3.